The molecule has 0 radical (unpaired) electrons. The Morgan fingerprint density at radius 2 is 2.16 bits per heavy atom. The summed E-state index contributed by atoms with van der Waals surface area (Å²) in [5.41, 5.74) is 0.438. The number of aromatic nitrogens is 3. The van der Waals surface area contributed by atoms with Crippen LogP contribution in [0.2, 0.25) is 0 Å². The van der Waals surface area contributed by atoms with E-state index >= 15 is 0 Å². The molecule has 0 aliphatic carbocycles. The normalized spacial score (nSPS) is 21.8. The molecule has 4 rings (SSSR count). The summed E-state index contributed by atoms with van der Waals surface area (Å²) in [7, 11) is 0. The maximum atomic E-state index is 12.4. The second-order valence-corrected chi connectivity index (χ2v) is 6.78. The molecule has 2 aromatic heterocycles. The number of hydrogen-bond acceptors (Lipinski definition) is 7. The molecule has 1 atom stereocenters. The number of nitrogens with one attached hydrogen (secondary N) is 1. The lowest BCUT2D eigenvalue weighted by Gasteiger charge is -2.52. The molecule has 0 unspecified atom stereocenters. The SMILES string of the molecule is Cc1ncoc1C(=O)N1CC2(CC[C@H](CNc3ncccn3)CO2)C1. The van der Waals surface area contributed by atoms with E-state index < -0.39 is 0 Å². The van der Waals surface area contributed by atoms with E-state index in [2.05, 4.69) is 20.3 Å². The highest BCUT2D eigenvalue weighted by molar-refractivity contribution is 5.93. The van der Waals surface area contributed by atoms with Gasteiger partial charge in [-0.1, -0.05) is 0 Å². The van der Waals surface area contributed by atoms with E-state index in [9.17, 15) is 4.79 Å². The van der Waals surface area contributed by atoms with Gasteiger partial charge in [0.1, 0.15) is 5.60 Å². The molecule has 2 aliphatic rings. The van der Waals surface area contributed by atoms with Crippen LogP contribution in [0.5, 0.6) is 0 Å². The minimum absolute atomic E-state index is 0.103. The number of oxazole rings is 1. The number of hydrogen-bond donors (Lipinski definition) is 1. The molecule has 132 valence electrons. The third-order valence-corrected chi connectivity index (χ3v) is 4.93. The van der Waals surface area contributed by atoms with Crippen molar-refractivity contribution in [1.82, 2.24) is 19.9 Å². The molecular formula is C17H21N5O3. The van der Waals surface area contributed by atoms with Crippen LogP contribution in [-0.2, 0) is 4.74 Å². The quantitative estimate of drug-likeness (QED) is 0.899. The Kier molecular flexibility index (Phi) is 4.12. The first-order chi connectivity index (χ1) is 12.2. The number of carbonyl (C=O) groups is 1. The molecule has 0 bridgehead atoms. The smallest absolute Gasteiger partial charge is 0.291 e. The molecule has 1 spiro atoms. The van der Waals surface area contributed by atoms with Crippen molar-refractivity contribution in [1.29, 1.82) is 0 Å². The fourth-order valence-electron chi connectivity index (χ4n) is 3.40. The predicted octanol–water partition coefficient (Wildman–Crippen LogP) is 1.51. The summed E-state index contributed by atoms with van der Waals surface area (Å²) >= 11 is 0. The van der Waals surface area contributed by atoms with Gasteiger partial charge in [0.25, 0.3) is 5.91 Å². The van der Waals surface area contributed by atoms with Crippen molar-refractivity contribution in [2.24, 2.45) is 5.92 Å². The molecule has 2 aliphatic heterocycles. The maximum Gasteiger partial charge on any atom is 0.291 e. The molecule has 8 heteroatoms. The third kappa shape index (κ3) is 3.21. The van der Waals surface area contributed by atoms with E-state index in [1.165, 1.54) is 6.39 Å². The van der Waals surface area contributed by atoms with Crippen LogP contribution in [0.25, 0.3) is 0 Å². The fourth-order valence-corrected chi connectivity index (χ4v) is 3.40. The van der Waals surface area contributed by atoms with E-state index in [1.807, 2.05) is 0 Å². The number of amides is 1. The summed E-state index contributed by atoms with van der Waals surface area (Å²) in [6, 6.07) is 1.79. The van der Waals surface area contributed by atoms with Crippen LogP contribution in [0.15, 0.2) is 29.3 Å². The highest BCUT2D eigenvalue weighted by atomic mass is 16.5. The number of nitrogens with zero attached hydrogens (tertiary/aromatic N) is 4. The van der Waals surface area contributed by atoms with Crippen LogP contribution in [0, 0.1) is 12.8 Å². The van der Waals surface area contributed by atoms with Gasteiger partial charge in [0.05, 0.1) is 25.4 Å². The Labute approximate surface area is 145 Å². The molecule has 1 N–H and O–H groups in total. The maximum absolute atomic E-state index is 12.4. The Bertz CT molecular complexity index is 732. The van der Waals surface area contributed by atoms with Gasteiger partial charge in [-0.05, 0) is 31.7 Å². The van der Waals surface area contributed by atoms with Crippen molar-refractivity contribution in [2.75, 3.05) is 31.6 Å². The van der Waals surface area contributed by atoms with Crippen molar-refractivity contribution >= 4 is 11.9 Å². The van der Waals surface area contributed by atoms with Crippen molar-refractivity contribution in [3.63, 3.8) is 0 Å². The Hall–Kier alpha value is -2.48. The van der Waals surface area contributed by atoms with Gasteiger partial charge in [0.15, 0.2) is 6.39 Å². The molecule has 4 heterocycles. The Balaban J connectivity index is 1.24. The zero-order chi connectivity index (χ0) is 17.3. The van der Waals surface area contributed by atoms with Crippen LogP contribution in [0.3, 0.4) is 0 Å². The van der Waals surface area contributed by atoms with Gasteiger partial charge >= 0.3 is 0 Å². The largest absolute Gasteiger partial charge is 0.438 e. The van der Waals surface area contributed by atoms with E-state index in [0.29, 0.717) is 43.0 Å². The van der Waals surface area contributed by atoms with Crippen molar-refractivity contribution < 1.29 is 13.9 Å². The monoisotopic (exact) mass is 343 g/mol. The minimum Gasteiger partial charge on any atom is -0.438 e. The highest BCUT2D eigenvalue weighted by Gasteiger charge is 2.49. The molecule has 1 amide bonds. The zero-order valence-electron chi connectivity index (χ0n) is 14.1. The molecule has 25 heavy (non-hydrogen) atoms. The number of likely N-dealkylation sites (tertiary alicyclic amines) is 1. The van der Waals surface area contributed by atoms with Crippen molar-refractivity contribution in [2.45, 2.75) is 25.4 Å². The number of rotatable bonds is 4. The van der Waals surface area contributed by atoms with Gasteiger partial charge in [-0.3, -0.25) is 4.79 Å². The van der Waals surface area contributed by atoms with Gasteiger partial charge in [0.2, 0.25) is 11.7 Å². The van der Waals surface area contributed by atoms with Gasteiger partial charge in [-0.15, -0.1) is 0 Å². The molecule has 0 aromatic carbocycles. The van der Waals surface area contributed by atoms with Crippen LogP contribution >= 0.6 is 0 Å². The second kappa shape index (κ2) is 6.44. The Morgan fingerprint density at radius 3 is 2.80 bits per heavy atom. The number of anilines is 1. The van der Waals surface area contributed by atoms with Gasteiger partial charge in [-0.25, -0.2) is 15.0 Å². The Morgan fingerprint density at radius 1 is 1.36 bits per heavy atom. The summed E-state index contributed by atoms with van der Waals surface area (Å²) in [5, 5.41) is 3.24. The minimum atomic E-state index is -0.191. The summed E-state index contributed by atoms with van der Waals surface area (Å²) in [6.45, 7) is 4.49. The summed E-state index contributed by atoms with van der Waals surface area (Å²) in [6.07, 6.45) is 6.76. The zero-order valence-corrected chi connectivity index (χ0v) is 14.1. The lowest BCUT2D eigenvalue weighted by Crippen LogP contribution is -2.66. The average Bonchev–Trinajstić information content (AvgIpc) is 3.05. The summed E-state index contributed by atoms with van der Waals surface area (Å²) in [5.74, 6) is 1.30. The molecular weight excluding hydrogens is 322 g/mol. The van der Waals surface area contributed by atoms with Crippen LogP contribution in [0.1, 0.15) is 29.1 Å². The van der Waals surface area contributed by atoms with Crippen LogP contribution in [0.4, 0.5) is 5.95 Å². The van der Waals surface area contributed by atoms with E-state index in [0.717, 1.165) is 19.4 Å². The summed E-state index contributed by atoms with van der Waals surface area (Å²) < 4.78 is 11.3. The lowest BCUT2D eigenvalue weighted by molar-refractivity contribution is -0.165. The average molecular weight is 343 g/mol. The molecule has 8 nitrogen and oxygen atoms in total. The molecule has 2 fully saturated rings. The topological polar surface area (TPSA) is 93.4 Å². The van der Waals surface area contributed by atoms with Gasteiger partial charge < -0.3 is 19.4 Å². The van der Waals surface area contributed by atoms with Crippen molar-refractivity contribution in [3.05, 3.63) is 36.3 Å². The molecule has 0 saturated carbocycles. The molecule has 2 saturated heterocycles. The van der Waals surface area contributed by atoms with Gasteiger partial charge in [0, 0.05) is 18.9 Å². The fraction of sp³-hybridized carbons (Fsp3) is 0.529. The van der Waals surface area contributed by atoms with Crippen LogP contribution < -0.4 is 5.32 Å². The van der Waals surface area contributed by atoms with E-state index in [-0.39, 0.29) is 11.5 Å². The summed E-state index contributed by atoms with van der Waals surface area (Å²) in [4.78, 5) is 26.4. The van der Waals surface area contributed by atoms with Gasteiger partial charge in [-0.2, -0.15) is 0 Å². The number of ether oxygens (including phenoxy) is 1. The van der Waals surface area contributed by atoms with Crippen molar-refractivity contribution in [3.8, 4) is 0 Å². The lowest BCUT2D eigenvalue weighted by atomic mass is 9.82. The standard InChI is InChI=1S/C17H21N5O3/c1-12-14(24-11-21-12)15(23)22-9-17(10-22)4-3-13(8-25-17)7-20-16-18-5-2-6-19-16/h2,5-6,11,13H,3-4,7-10H2,1H3,(H,18,19,20)/t13-/m1/s1. The number of aryl methyl sites for hydroxylation is 1. The second-order valence-electron chi connectivity index (χ2n) is 6.78. The van der Waals surface area contributed by atoms with E-state index in [4.69, 9.17) is 9.15 Å². The van der Waals surface area contributed by atoms with E-state index in [1.54, 1.807) is 30.3 Å². The third-order valence-electron chi connectivity index (χ3n) is 4.93. The molecule has 2 aromatic rings. The first-order valence-electron chi connectivity index (χ1n) is 8.49. The van der Waals surface area contributed by atoms with Crippen LogP contribution in [-0.4, -0.2) is 57.6 Å². The first kappa shape index (κ1) is 16.0. The first-order valence-corrected chi connectivity index (χ1v) is 8.49. The highest BCUT2D eigenvalue weighted by Crippen LogP contribution is 2.36. The predicted molar refractivity (Wildman–Crippen MR) is 89.1 cm³/mol. The number of carbonyl (C=O) groups excluding carboxylic acids is 1.